The first-order chi connectivity index (χ1) is 13.7. The van der Waals surface area contributed by atoms with Gasteiger partial charge in [-0.3, -0.25) is 4.98 Å². The van der Waals surface area contributed by atoms with Crippen molar-refractivity contribution in [2.24, 2.45) is 0 Å². The van der Waals surface area contributed by atoms with Gasteiger partial charge in [-0.15, -0.1) is 0 Å². The molecule has 2 aromatic carbocycles. The standard InChI is InChI=1S/C18H13Cl2N7O/c19-14-5-2-6-15(17(14)20)27-18(24-25-26-27)23-10-12-3-1-4-13(9-12)28-16-11-21-7-8-22-16/h1-9,11H,10H2,(H,23,24,26). The van der Waals surface area contributed by atoms with Gasteiger partial charge in [0.1, 0.15) is 5.75 Å². The van der Waals surface area contributed by atoms with Gasteiger partial charge in [0.2, 0.25) is 11.8 Å². The number of benzene rings is 2. The summed E-state index contributed by atoms with van der Waals surface area (Å²) < 4.78 is 7.19. The van der Waals surface area contributed by atoms with E-state index in [-0.39, 0.29) is 0 Å². The Morgan fingerprint density at radius 2 is 1.96 bits per heavy atom. The second kappa shape index (κ2) is 8.20. The van der Waals surface area contributed by atoms with Crippen LogP contribution in [0.2, 0.25) is 10.0 Å². The summed E-state index contributed by atoms with van der Waals surface area (Å²) in [6, 6.07) is 12.8. The van der Waals surface area contributed by atoms with Crippen LogP contribution in [0.15, 0.2) is 61.1 Å². The summed E-state index contributed by atoms with van der Waals surface area (Å²) >= 11 is 12.4. The van der Waals surface area contributed by atoms with Gasteiger partial charge in [0, 0.05) is 18.9 Å². The van der Waals surface area contributed by atoms with Gasteiger partial charge in [0.15, 0.2) is 0 Å². The molecule has 0 saturated carbocycles. The Kier molecular flexibility index (Phi) is 5.31. The van der Waals surface area contributed by atoms with Crippen molar-refractivity contribution >= 4 is 29.2 Å². The minimum absolute atomic E-state index is 0.374. The summed E-state index contributed by atoms with van der Waals surface area (Å²) in [7, 11) is 0. The van der Waals surface area contributed by atoms with Gasteiger partial charge in [0.05, 0.1) is 21.9 Å². The zero-order valence-electron chi connectivity index (χ0n) is 14.3. The fraction of sp³-hybridized carbons (Fsp3) is 0.0556. The normalized spacial score (nSPS) is 10.6. The van der Waals surface area contributed by atoms with E-state index in [0.717, 1.165) is 5.56 Å². The van der Waals surface area contributed by atoms with Gasteiger partial charge in [-0.25, -0.2) is 4.98 Å². The summed E-state index contributed by atoms with van der Waals surface area (Å²) in [4.78, 5) is 8.08. The highest BCUT2D eigenvalue weighted by Crippen LogP contribution is 2.29. The summed E-state index contributed by atoms with van der Waals surface area (Å²) in [5.74, 6) is 1.51. The molecule has 0 unspecified atom stereocenters. The molecule has 0 spiro atoms. The fourth-order valence-electron chi connectivity index (χ4n) is 2.47. The van der Waals surface area contributed by atoms with Crippen molar-refractivity contribution < 1.29 is 4.74 Å². The molecule has 0 radical (unpaired) electrons. The molecule has 4 aromatic rings. The van der Waals surface area contributed by atoms with Crippen LogP contribution >= 0.6 is 23.2 Å². The lowest BCUT2D eigenvalue weighted by Crippen LogP contribution is -2.08. The van der Waals surface area contributed by atoms with Crippen molar-refractivity contribution in [1.29, 1.82) is 0 Å². The molecule has 2 aromatic heterocycles. The Labute approximate surface area is 170 Å². The Morgan fingerprint density at radius 1 is 1.07 bits per heavy atom. The minimum atomic E-state index is 0.374. The van der Waals surface area contributed by atoms with E-state index in [1.165, 1.54) is 4.68 Å². The topological polar surface area (TPSA) is 90.6 Å². The number of hydrogen-bond acceptors (Lipinski definition) is 7. The number of nitrogens with one attached hydrogen (secondary N) is 1. The average Bonchev–Trinajstić information content (AvgIpc) is 3.18. The lowest BCUT2D eigenvalue weighted by molar-refractivity contribution is 0.459. The quantitative estimate of drug-likeness (QED) is 0.507. The predicted molar refractivity (Wildman–Crippen MR) is 105 cm³/mol. The molecule has 140 valence electrons. The third-order valence-corrected chi connectivity index (χ3v) is 4.55. The van der Waals surface area contributed by atoms with E-state index in [1.807, 2.05) is 24.3 Å². The molecule has 28 heavy (non-hydrogen) atoms. The van der Waals surface area contributed by atoms with Crippen LogP contribution in [-0.2, 0) is 6.54 Å². The van der Waals surface area contributed by atoms with Crippen molar-refractivity contribution in [3.05, 3.63) is 76.7 Å². The zero-order valence-corrected chi connectivity index (χ0v) is 15.8. The van der Waals surface area contributed by atoms with E-state index in [0.29, 0.717) is 39.9 Å². The number of aromatic nitrogens is 6. The molecule has 0 aliphatic heterocycles. The van der Waals surface area contributed by atoms with Crippen LogP contribution in [0, 0.1) is 0 Å². The minimum Gasteiger partial charge on any atom is -0.437 e. The maximum Gasteiger partial charge on any atom is 0.248 e. The lowest BCUT2D eigenvalue weighted by Gasteiger charge is -2.10. The number of ether oxygens (including phenoxy) is 1. The molecule has 10 heteroatoms. The highest BCUT2D eigenvalue weighted by atomic mass is 35.5. The Bertz CT molecular complexity index is 1090. The zero-order chi connectivity index (χ0) is 19.3. The van der Waals surface area contributed by atoms with E-state index in [4.69, 9.17) is 27.9 Å². The van der Waals surface area contributed by atoms with Crippen molar-refractivity contribution in [2.45, 2.75) is 6.54 Å². The van der Waals surface area contributed by atoms with Gasteiger partial charge in [-0.1, -0.05) is 46.5 Å². The van der Waals surface area contributed by atoms with Crippen LogP contribution in [0.4, 0.5) is 5.95 Å². The van der Waals surface area contributed by atoms with Crippen molar-refractivity contribution in [3.63, 3.8) is 0 Å². The van der Waals surface area contributed by atoms with Gasteiger partial charge in [0.25, 0.3) is 0 Å². The Balaban J connectivity index is 1.50. The number of anilines is 1. The molecule has 0 bridgehead atoms. The van der Waals surface area contributed by atoms with E-state index < -0.39 is 0 Å². The number of halogens is 2. The molecule has 1 N–H and O–H groups in total. The largest absolute Gasteiger partial charge is 0.437 e. The molecule has 0 aliphatic rings. The lowest BCUT2D eigenvalue weighted by atomic mass is 10.2. The second-order valence-electron chi connectivity index (χ2n) is 5.63. The van der Waals surface area contributed by atoms with Crippen LogP contribution in [0.5, 0.6) is 11.6 Å². The molecule has 8 nitrogen and oxygen atoms in total. The molecule has 0 aliphatic carbocycles. The average molecular weight is 414 g/mol. The third-order valence-electron chi connectivity index (χ3n) is 3.74. The van der Waals surface area contributed by atoms with Gasteiger partial charge in [-0.05, 0) is 40.3 Å². The molecule has 4 rings (SSSR count). The second-order valence-corrected chi connectivity index (χ2v) is 6.42. The molecular formula is C18H13Cl2N7O. The van der Waals surface area contributed by atoms with Crippen LogP contribution in [0.1, 0.15) is 5.56 Å². The fourth-order valence-corrected chi connectivity index (χ4v) is 2.85. The van der Waals surface area contributed by atoms with Crippen molar-refractivity contribution in [1.82, 2.24) is 30.2 Å². The van der Waals surface area contributed by atoms with E-state index in [1.54, 1.807) is 36.8 Å². The first kappa shape index (κ1) is 18.1. The van der Waals surface area contributed by atoms with Crippen molar-refractivity contribution in [3.8, 4) is 17.3 Å². The molecule has 0 fully saturated rings. The smallest absolute Gasteiger partial charge is 0.248 e. The number of rotatable bonds is 6. The van der Waals surface area contributed by atoms with Crippen LogP contribution < -0.4 is 10.1 Å². The van der Waals surface area contributed by atoms with Gasteiger partial charge >= 0.3 is 0 Å². The van der Waals surface area contributed by atoms with E-state index in [2.05, 4.69) is 30.8 Å². The molecule has 0 amide bonds. The maximum absolute atomic E-state index is 6.27. The SMILES string of the molecule is Clc1cccc(-n2nnnc2NCc2cccc(Oc3cnccn3)c2)c1Cl. The highest BCUT2D eigenvalue weighted by molar-refractivity contribution is 6.43. The van der Waals surface area contributed by atoms with E-state index in [9.17, 15) is 0 Å². The van der Waals surface area contributed by atoms with E-state index >= 15 is 0 Å². The van der Waals surface area contributed by atoms with Gasteiger partial charge < -0.3 is 10.1 Å². The first-order valence-corrected chi connectivity index (χ1v) is 8.96. The van der Waals surface area contributed by atoms with Crippen LogP contribution in [-0.4, -0.2) is 30.2 Å². The predicted octanol–water partition coefficient (Wildman–Crippen LogP) is 4.16. The third kappa shape index (κ3) is 4.03. The molecule has 2 heterocycles. The Hall–Kier alpha value is -3.23. The van der Waals surface area contributed by atoms with Gasteiger partial charge in [-0.2, -0.15) is 4.68 Å². The highest BCUT2D eigenvalue weighted by Gasteiger charge is 2.13. The summed E-state index contributed by atoms with van der Waals surface area (Å²) in [5, 5.41) is 15.7. The number of nitrogens with zero attached hydrogens (tertiary/aromatic N) is 6. The summed E-state index contributed by atoms with van der Waals surface area (Å²) in [6.45, 7) is 0.468. The summed E-state index contributed by atoms with van der Waals surface area (Å²) in [5.41, 5.74) is 1.55. The maximum atomic E-state index is 6.27. The van der Waals surface area contributed by atoms with Crippen LogP contribution in [0.25, 0.3) is 5.69 Å². The monoisotopic (exact) mass is 413 g/mol. The molecular weight excluding hydrogens is 401 g/mol. The Morgan fingerprint density at radius 3 is 2.82 bits per heavy atom. The first-order valence-electron chi connectivity index (χ1n) is 8.20. The number of tetrazole rings is 1. The van der Waals surface area contributed by atoms with Crippen LogP contribution in [0.3, 0.4) is 0 Å². The molecule has 0 saturated heterocycles. The summed E-state index contributed by atoms with van der Waals surface area (Å²) in [6.07, 6.45) is 4.71. The molecule has 0 atom stereocenters. The number of hydrogen-bond donors (Lipinski definition) is 1. The van der Waals surface area contributed by atoms with Crippen molar-refractivity contribution in [2.75, 3.05) is 5.32 Å².